The van der Waals surface area contributed by atoms with E-state index in [-0.39, 0.29) is 5.91 Å². The molecule has 1 saturated carbocycles. The van der Waals surface area contributed by atoms with Crippen LogP contribution in [0.1, 0.15) is 56.9 Å². The largest absolute Gasteiger partial charge is 0.389 e. The molecule has 0 spiro atoms. The maximum absolute atomic E-state index is 12.9. The molecule has 4 nitrogen and oxygen atoms in total. The van der Waals surface area contributed by atoms with Gasteiger partial charge in [-0.2, -0.15) is 11.8 Å². The highest BCUT2D eigenvalue weighted by Gasteiger charge is 2.46. The van der Waals surface area contributed by atoms with Crippen molar-refractivity contribution in [2.24, 2.45) is 5.92 Å². The average Bonchev–Trinajstić information content (AvgIpc) is 3.24. The van der Waals surface area contributed by atoms with Gasteiger partial charge in [0.2, 0.25) is 5.91 Å². The standard InChI is InChI=1S/C23H34N2O2S/c26-21-17-25(20-10-14-28-15-11-20)13-12-23(21,19-8-2-1-3-9-19)24-22(27)16-18-6-4-5-7-18/h1-3,8-9,18,20-21,26H,4-7,10-17H2,(H,24,27)/t21-,23+/m1/s1. The smallest absolute Gasteiger partial charge is 0.221 e. The van der Waals surface area contributed by atoms with Crippen molar-refractivity contribution in [3.63, 3.8) is 0 Å². The van der Waals surface area contributed by atoms with Crippen LogP contribution in [-0.2, 0) is 10.3 Å². The Bertz CT molecular complexity index is 643. The van der Waals surface area contributed by atoms with E-state index in [2.05, 4.69) is 22.3 Å². The minimum Gasteiger partial charge on any atom is -0.389 e. The maximum Gasteiger partial charge on any atom is 0.221 e. The van der Waals surface area contributed by atoms with Crippen LogP contribution in [0.5, 0.6) is 0 Å². The number of piperidine rings is 1. The van der Waals surface area contributed by atoms with Gasteiger partial charge < -0.3 is 10.4 Å². The Balaban J connectivity index is 1.50. The minimum absolute atomic E-state index is 0.109. The average molecular weight is 403 g/mol. The van der Waals surface area contributed by atoms with Crippen molar-refractivity contribution in [3.05, 3.63) is 35.9 Å². The molecule has 2 saturated heterocycles. The molecule has 0 radical (unpaired) electrons. The Morgan fingerprint density at radius 1 is 1.14 bits per heavy atom. The number of β-amino-alcohol motifs (C(OH)–C–C–N with tert-alkyl or cyclic N) is 1. The summed E-state index contributed by atoms with van der Waals surface area (Å²) in [4.78, 5) is 15.4. The fourth-order valence-electron chi connectivity index (χ4n) is 5.40. The molecule has 154 valence electrons. The zero-order chi connectivity index (χ0) is 19.4. The van der Waals surface area contributed by atoms with Crippen molar-refractivity contribution < 1.29 is 9.90 Å². The number of rotatable bonds is 5. The monoisotopic (exact) mass is 402 g/mol. The summed E-state index contributed by atoms with van der Waals surface area (Å²) in [6.07, 6.45) is 8.06. The third-order valence-corrected chi connectivity index (χ3v) is 8.13. The SMILES string of the molecule is O=C(CC1CCCC1)N[C@]1(c2ccccc2)CCN(C2CCSCC2)C[C@H]1O. The van der Waals surface area contributed by atoms with Crippen LogP contribution in [0.25, 0.3) is 0 Å². The molecule has 28 heavy (non-hydrogen) atoms. The molecule has 0 unspecified atom stereocenters. The zero-order valence-corrected chi connectivity index (χ0v) is 17.6. The van der Waals surface area contributed by atoms with E-state index in [9.17, 15) is 9.90 Å². The first-order valence-corrected chi connectivity index (χ1v) is 12.2. The number of likely N-dealkylation sites (tertiary alicyclic amines) is 1. The summed E-state index contributed by atoms with van der Waals surface area (Å²) < 4.78 is 0. The highest BCUT2D eigenvalue weighted by atomic mass is 32.2. The molecule has 1 aromatic carbocycles. The van der Waals surface area contributed by atoms with E-state index in [0.29, 0.717) is 24.9 Å². The second-order valence-electron chi connectivity index (χ2n) is 8.84. The minimum atomic E-state index is -0.656. The van der Waals surface area contributed by atoms with Gasteiger partial charge >= 0.3 is 0 Å². The van der Waals surface area contributed by atoms with Crippen molar-refractivity contribution in [1.29, 1.82) is 0 Å². The van der Waals surface area contributed by atoms with Crippen molar-refractivity contribution in [2.45, 2.75) is 69.1 Å². The van der Waals surface area contributed by atoms with Gasteiger partial charge in [0.05, 0.1) is 11.6 Å². The van der Waals surface area contributed by atoms with Crippen molar-refractivity contribution in [1.82, 2.24) is 10.2 Å². The summed E-state index contributed by atoms with van der Waals surface area (Å²) in [7, 11) is 0. The summed E-state index contributed by atoms with van der Waals surface area (Å²) in [5, 5.41) is 14.7. The Kier molecular flexibility index (Phi) is 6.64. The predicted molar refractivity (Wildman–Crippen MR) is 115 cm³/mol. The number of thioether (sulfide) groups is 1. The van der Waals surface area contributed by atoms with Crippen LogP contribution < -0.4 is 5.32 Å². The summed E-state index contributed by atoms with van der Waals surface area (Å²) in [6.45, 7) is 1.58. The first-order valence-electron chi connectivity index (χ1n) is 11.0. The number of amides is 1. The summed E-state index contributed by atoms with van der Waals surface area (Å²) >= 11 is 2.04. The van der Waals surface area contributed by atoms with E-state index >= 15 is 0 Å². The van der Waals surface area contributed by atoms with Gasteiger partial charge in [-0.25, -0.2) is 0 Å². The highest BCUT2D eigenvalue weighted by molar-refractivity contribution is 7.99. The molecule has 5 heteroatoms. The van der Waals surface area contributed by atoms with Gasteiger partial charge in [0.25, 0.3) is 0 Å². The van der Waals surface area contributed by atoms with Crippen LogP contribution >= 0.6 is 11.8 Å². The normalized spacial score (nSPS) is 30.4. The first kappa shape index (κ1) is 20.2. The quantitative estimate of drug-likeness (QED) is 0.791. The Morgan fingerprint density at radius 3 is 2.54 bits per heavy atom. The molecule has 1 aromatic rings. The molecule has 2 N–H and O–H groups in total. The number of hydrogen-bond acceptors (Lipinski definition) is 4. The third kappa shape index (κ3) is 4.42. The molecule has 3 fully saturated rings. The lowest BCUT2D eigenvalue weighted by molar-refractivity contribution is -0.128. The van der Waals surface area contributed by atoms with E-state index in [0.717, 1.165) is 18.5 Å². The van der Waals surface area contributed by atoms with Crippen LogP contribution in [0, 0.1) is 5.92 Å². The zero-order valence-electron chi connectivity index (χ0n) is 16.8. The van der Waals surface area contributed by atoms with Gasteiger partial charge in [-0.15, -0.1) is 0 Å². The van der Waals surface area contributed by atoms with Crippen LogP contribution in [0.4, 0.5) is 0 Å². The lowest BCUT2D eigenvalue weighted by Gasteiger charge is -2.49. The number of aliphatic hydroxyl groups is 1. The molecule has 2 heterocycles. The van der Waals surface area contributed by atoms with E-state index in [1.54, 1.807) is 0 Å². The number of benzene rings is 1. The maximum atomic E-state index is 12.9. The third-order valence-electron chi connectivity index (χ3n) is 7.08. The van der Waals surface area contributed by atoms with Crippen LogP contribution in [-0.4, -0.2) is 52.7 Å². The number of aliphatic hydroxyl groups excluding tert-OH is 1. The van der Waals surface area contributed by atoms with Crippen molar-refractivity contribution in [2.75, 3.05) is 24.6 Å². The number of carbonyl (C=O) groups excluding carboxylic acids is 1. The van der Waals surface area contributed by atoms with Crippen molar-refractivity contribution in [3.8, 4) is 0 Å². The Hall–Kier alpha value is -1.04. The van der Waals surface area contributed by atoms with E-state index in [1.807, 2.05) is 30.0 Å². The van der Waals surface area contributed by atoms with E-state index in [4.69, 9.17) is 0 Å². The molecular formula is C23H34N2O2S. The topological polar surface area (TPSA) is 52.6 Å². The Labute approximate surface area is 173 Å². The molecule has 2 atom stereocenters. The molecule has 2 aliphatic heterocycles. The molecule has 1 aliphatic carbocycles. The van der Waals surface area contributed by atoms with Gasteiger partial charge in [-0.3, -0.25) is 9.69 Å². The summed E-state index contributed by atoms with van der Waals surface area (Å²) in [5.74, 6) is 3.07. The van der Waals surface area contributed by atoms with Gasteiger partial charge in [-0.05, 0) is 55.1 Å². The summed E-state index contributed by atoms with van der Waals surface area (Å²) in [5.41, 5.74) is 0.387. The number of nitrogens with one attached hydrogen (secondary N) is 1. The number of nitrogens with zero attached hydrogens (tertiary/aromatic N) is 1. The van der Waals surface area contributed by atoms with Crippen molar-refractivity contribution >= 4 is 17.7 Å². The molecule has 0 bridgehead atoms. The van der Waals surface area contributed by atoms with E-state index in [1.165, 1.54) is 50.0 Å². The second-order valence-corrected chi connectivity index (χ2v) is 10.1. The molecule has 4 rings (SSSR count). The highest BCUT2D eigenvalue weighted by Crippen LogP contribution is 2.36. The fourth-order valence-corrected chi connectivity index (χ4v) is 6.49. The van der Waals surface area contributed by atoms with Gasteiger partial charge in [0.1, 0.15) is 0 Å². The van der Waals surface area contributed by atoms with Crippen LogP contribution in [0.2, 0.25) is 0 Å². The fraction of sp³-hybridized carbons (Fsp3) is 0.696. The van der Waals surface area contributed by atoms with E-state index < -0.39 is 11.6 Å². The Morgan fingerprint density at radius 2 is 1.86 bits per heavy atom. The molecular weight excluding hydrogens is 368 g/mol. The summed E-state index contributed by atoms with van der Waals surface area (Å²) in [6, 6.07) is 10.7. The lowest BCUT2D eigenvalue weighted by atomic mass is 9.77. The lowest BCUT2D eigenvalue weighted by Crippen LogP contribution is -2.63. The van der Waals surface area contributed by atoms with Crippen LogP contribution in [0.15, 0.2) is 30.3 Å². The first-order chi connectivity index (χ1) is 13.7. The molecule has 0 aromatic heterocycles. The molecule has 1 amide bonds. The van der Waals surface area contributed by atoms with Gasteiger partial charge in [-0.1, -0.05) is 43.2 Å². The van der Waals surface area contributed by atoms with Gasteiger partial charge in [0.15, 0.2) is 0 Å². The number of carbonyl (C=O) groups is 1. The second kappa shape index (κ2) is 9.19. The molecule has 3 aliphatic rings. The predicted octanol–water partition coefficient (Wildman–Crippen LogP) is 3.54. The number of hydrogen-bond donors (Lipinski definition) is 2. The van der Waals surface area contributed by atoms with Crippen LogP contribution in [0.3, 0.4) is 0 Å². The van der Waals surface area contributed by atoms with Gasteiger partial charge in [0, 0.05) is 25.6 Å².